The lowest BCUT2D eigenvalue weighted by Crippen LogP contribution is -2.42. The van der Waals surface area contributed by atoms with Crippen LogP contribution in [-0.4, -0.2) is 49.9 Å². The second-order valence-electron chi connectivity index (χ2n) is 5.93. The lowest BCUT2D eigenvalue weighted by Gasteiger charge is -2.25. The molecule has 3 rings (SSSR count). The first-order valence-corrected chi connectivity index (χ1v) is 8.32. The third kappa shape index (κ3) is 5.18. The van der Waals surface area contributed by atoms with E-state index in [-0.39, 0.29) is 29.5 Å². The van der Waals surface area contributed by atoms with E-state index in [1.807, 2.05) is 4.90 Å². The molecule has 1 aliphatic rings. The highest BCUT2D eigenvalue weighted by atomic mass is 19.4. The van der Waals surface area contributed by atoms with E-state index in [1.54, 1.807) is 0 Å². The number of benzene rings is 1. The number of halogens is 3. The first-order chi connectivity index (χ1) is 12.9. The summed E-state index contributed by atoms with van der Waals surface area (Å²) in [6.07, 6.45) is -3.23. The van der Waals surface area contributed by atoms with E-state index in [1.165, 1.54) is 36.5 Å². The summed E-state index contributed by atoms with van der Waals surface area (Å²) in [6.45, 7) is 2.73. The molecule has 0 spiro atoms. The smallest absolute Gasteiger partial charge is 0.417 e. The Morgan fingerprint density at radius 2 is 1.93 bits per heavy atom. The molecule has 0 radical (unpaired) electrons. The predicted octanol–water partition coefficient (Wildman–Crippen LogP) is 2.75. The van der Waals surface area contributed by atoms with Crippen LogP contribution in [0.5, 0.6) is 0 Å². The molecular formula is C18H18F3N3O3. The van der Waals surface area contributed by atoms with Crippen molar-refractivity contribution in [3.63, 3.8) is 0 Å². The molecule has 27 heavy (non-hydrogen) atoms. The van der Waals surface area contributed by atoms with E-state index in [0.29, 0.717) is 26.3 Å². The Morgan fingerprint density at radius 3 is 2.67 bits per heavy atom. The van der Waals surface area contributed by atoms with Crippen LogP contribution >= 0.6 is 0 Å². The van der Waals surface area contributed by atoms with E-state index in [0.717, 1.165) is 6.07 Å². The van der Waals surface area contributed by atoms with Crippen molar-refractivity contribution >= 4 is 12.1 Å². The molecule has 1 amide bonds. The summed E-state index contributed by atoms with van der Waals surface area (Å²) in [5.74, 6) is 0.0139. The molecule has 2 heterocycles. The van der Waals surface area contributed by atoms with Crippen LogP contribution in [0.3, 0.4) is 0 Å². The zero-order valence-electron chi connectivity index (χ0n) is 14.3. The van der Waals surface area contributed by atoms with Crippen molar-refractivity contribution in [1.82, 2.24) is 10.3 Å². The van der Waals surface area contributed by atoms with Crippen molar-refractivity contribution in [3.8, 4) is 11.3 Å². The van der Waals surface area contributed by atoms with Crippen molar-refractivity contribution in [3.05, 3.63) is 47.7 Å². The van der Waals surface area contributed by atoms with E-state index in [4.69, 9.17) is 9.15 Å². The van der Waals surface area contributed by atoms with Crippen molar-refractivity contribution < 1.29 is 27.1 Å². The Morgan fingerprint density at radius 1 is 1.19 bits per heavy atom. The molecular weight excluding hydrogens is 363 g/mol. The highest BCUT2D eigenvalue weighted by Crippen LogP contribution is 2.37. The van der Waals surface area contributed by atoms with Crippen molar-refractivity contribution in [2.75, 3.05) is 32.8 Å². The number of amides is 1. The van der Waals surface area contributed by atoms with Crippen LogP contribution in [0.25, 0.3) is 11.3 Å². The highest BCUT2D eigenvalue weighted by Gasteiger charge is 2.34. The molecule has 0 unspecified atom stereocenters. The van der Waals surface area contributed by atoms with Gasteiger partial charge in [0, 0.05) is 18.7 Å². The molecule has 1 aliphatic heterocycles. The van der Waals surface area contributed by atoms with Gasteiger partial charge in [-0.05, 0) is 18.2 Å². The number of morpholine rings is 1. The van der Waals surface area contributed by atoms with Crippen LogP contribution in [0.2, 0.25) is 0 Å². The van der Waals surface area contributed by atoms with Gasteiger partial charge in [-0.1, -0.05) is 18.2 Å². The molecule has 0 aliphatic carbocycles. The molecule has 0 bridgehead atoms. The minimum absolute atomic E-state index is 0.0546. The summed E-state index contributed by atoms with van der Waals surface area (Å²) >= 11 is 0. The highest BCUT2D eigenvalue weighted by molar-refractivity contribution is 5.82. The summed E-state index contributed by atoms with van der Waals surface area (Å²) < 4.78 is 49.9. The molecule has 1 fully saturated rings. The standard InChI is InChI=1S/C18H18F3N3O3/c19-18(20,21)15-4-2-1-3-14(15)16-6-5-13(27-16)11-22-23-17(25)12-24-7-9-26-10-8-24/h1-6,11H,7-10,12H2,(H,23,25)/b22-11-. The number of carbonyl (C=O) groups excluding carboxylic acids is 1. The average Bonchev–Trinajstić information content (AvgIpc) is 3.11. The molecule has 2 aromatic rings. The van der Waals surface area contributed by atoms with E-state index in [9.17, 15) is 18.0 Å². The van der Waals surface area contributed by atoms with Gasteiger partial charge in [0.1, 0.15) is 11.5 Å². The normalized spacial score (nSPS) is 16.0. The summed E-state index contributed by atoms with van der Waals surface area (Å²) in [5, 5.41) is 3.79. The lowest BCUT2D eigenvalue weighted by molar-refractivity contribution is -0.137. The number of ether oxygens (including phenoxy) is 1. The van der Waals surface area contributed by atoms with Gasteiger partial charge in [-0.2, -0.15) is 18.3 Å². The van der Waals surface area contributed by atoms with E-state index in [2.05, 4.69) is 10.5 Å². The van der Waals surface area contributed by atoms with Gasteiger partial charge < -0.3 is 9.15 Å². The van der Waals surface area contributed by atoms with Crippen LogP contribution in [-0.2, 0) is 15.7 Å². The van der Waals surface area contributed by atoms with Crippen LogP contribution in [0.1, 0.15) is 11.3 Å². The molecule has 1 N–H and O–H groups in total. The Hall–Kier alpha value is -2.65. The maximum absolute atomic E-state index is 13.1. The maximum Gasteiger partial charge on any atom is 0.417 e. The number of nitrogens with zero attached hydrogens (tertiary/aromatic N) is 2. The molecule has 0 atom stereocenters. The van der Waals surface area contributed by atoms with Gasteiger partial charge in [-0.25, -0.2) is 5.43 Å². The number of hydrogen-bond donors (Lipinski definition) is 1. The van der Waals surface area contributed by atoms with Gasteiger partial charge in [0.2, 0.25) is 0 Å². The number of nitrogens with one attached hydrogen (secondary N) is 1. The van der Waals surface area contributed by atoms with Gasteiger partial charge in [-0.15, -0.1) is 0 Å². The fourth-order valence-electron chi connectivity index (χ4n) is 2.68. The second-order valence-corrected chi connectivity index (χ2v) is 5.93. The Balaban J connectivity index is 1.61. The van der Waals surface area contributed by atoms with Crippen molar-refractivity contribution in [1.29, 1.82) is 0 Å². The first-order valence-electron chi connectivity index (χ1n) is 8.32. The zero-order chi connectivity index (χ0) is 19.3. The minimum atomic E-state index is -4.48. The van der Waals surface area contributed by atoms with Gasteiger partial charge in [-0.3, -0.25) is 9.69 Å². The third-order valence-electron chi connectivity index (χ3n) is 3.98. The fourth-order valence-corrected chi connectivity index (χ4v) is 2.68. The number of hydrogen-bond acceptors (Lipinski definition) is 5. The average molecular weight is 381 g/mol. The molecule has 1 aromatic heterocycles. The third-order valence-corrected chi connectivity index (χ3v) is 3.98. The molecule has 0 saturated carbocycles. The maximum atomic E-state index is 13.1. The summed E-state index contributed by atoms with van der Waals surface area (Å²) in [6, 6.07) is 8.08. The van der Waals surface area contributed by atoms with Crippen molar-refractivity contribution in [2.24, 2.45) is 5.10 Å². The number of rotatable bonds is 5. The Labute approximate surface area is 153 Å². The van der Waals surface area contributed by atoms with Gasteiger partial charge in [0.15, 0.2) is 0 Å². The van der Waals surface area contributed by atoms with Crippen LogP contribution < -0.4 is 5.43 Å². The Kier molecular flexibility index (Phi) is 5.92. The summed E-state index contributed by atoms with van der Waals surface area (Å²) in [5.41, 5.74) is 1.54. The minimum Gasteiger partial charge on any atom is -0.455 e. The largest absolute Gasteiger partial charge is 0.455 e. The van der Waals surface area contributed by atoms with Gasteiger partial charge in [0.05, 0.1) is 31.5 Å². The van der Waals surface area contributed by atoms with Gasteiger partial charge in [0.25, 0.3) is 5.91 Å². The number of furan rings is 1. The Bertz CT molecular complexity index is 811. The lowest BCUT2D eigenvalue weighted by atomic mass is 10.1. The summed E-state index contributed by atoms with van der Waals surface area (Å²) in [4.78, 5) is 13.8. The predicted molar refractivity (Wildman–Crippen MR) is 92.1 cm³/mol. The molecule has 1 aromatic carbocycles. The van der Waals surface area contributed by atoms with E-state index < -0.39 is 11.7 Å². The zero-order valence-corrected chi connectivity index (χ0v) is 14.3. The van der Waals surface area contributed by atoms with Crippen LogP contribution in [0, 0.1) is 0 Å². The van der Waals surface area contributed by atoms with E-state index >= 15 is 0 Å². The number of alkyl halides is 3. The molecule has 1 saturated heterocycles. The molecule has 6 nitrogen and oxygen atoms in total. The van der Waals surface area contributed by atoms with Crippen molar-refractivity contribution in [2.45, 2.75) is 6.18 Å². The fraction of sp³-hybridized carbons (Fsp3) is 0.333. The first kappa shape index (κ1) is 19.1. The monoisotopic (exact) mass is 381 g/mol. The summed E-state index contributed by atoms with van der Waals surface area (Å²) in [7, 11) is 0. The SMILES string of the molecule is O=C(CN1CCOCC1)N/N=C\c1ccc(-c2ccccc2C(F)(F)F)o1. The molecule has 144 valence electrons. The molecule has 9 heteroatoms. The number of hydrazone groups is 1. The van der Waals surface area contributed by atoms with Crippen LogP contribution in [0.4, 0.5) is 13.2 Å². The quantitative estimate of drug-likeness (QED) is 0.639. The van der Waals surface area contributed by atoms with Gasteiger partial charge >= 0.3 is 6.18 Å². The second kappa shape index (κ2) is 8.36. The number of carbonyl (C=O) groups is 1. The topological polar surface area (TPSA) is 67.1 Å². The van der Waals surface area contributed by atoms with Crippen LogP contribution in [0.15, 0.2) is 45.9 Å².